The molecule has 2 heterocycles. The largest absolute Gasteiger partial charge is 0.310 e. The molecular weight excluding hydrogens is 701 g/mol. The van der Waals surface area contributed by atoms with Crippen molar-refractivity contribution >= 4 is 38.9 Å². The lowest BCUT2D eigenvalue weighted by Crippen LogP contribution is -2.22. The summed E-state index contributed by atoms with van der Waals surface area (Å²) >= 11 is 0. The zero-order chi connectivity index (χ0) is 38.4. The Bertz CT molecular complexity index is 3220. The van der Waals surface area contributed by atoms with Gasteiger partial charge in [-0.05, 0) is 100.0 Å². The fourth-order valence-corrected chi connectivity index (χ4v) is 10.1. The molecule has 1 aliphatic carbocycles. The van der Waals surface area contributed by atoms with Crippen LogP contribution >= 0.6 is 0 Å². The zero-order valence-electron chi connectivity index (χ0n) is 32.1. The van der Waals surface area contributed by atoms with Crippen LogP contribution in [0.25, 0.3) is 72.0 Å². The lowest BCUT2D eigenvalue weighted by Gasteiger charge is -2.30. The Kier molecular flexibility index (Phi) is 7.09. The van der Waals surface area contributed by atoms with Gasteiger partial charge in [0.15, 0.2) is 0 Å². The van der Waals surface area contributed by atoms with Gasteiger partial charge in [-0.3, -0.25) is 0 Å². The van der Waals surface area contributed by atoms with Gasteiger partial charge in [-0.15, -0.1) is 0 Å². The second-order valence-electron chi connectivity index (χ2n) is 15.8. The van der Waals surface area contributed by atoms with Crippen LogP contribution in [0.4, 0.5) is 17.1 Å². The van der Waals surface area contributed by atoms with E-state index in [2.05, 4.69) is 229 Å². The van der Waals surface area contributed by atoms with E-state index < -0.39 is 0 Å². The first-order valence-corrected chi connectivity index (χ1v) is 20.2. The van der Waals surface area contributed by atoms with E-state index in [-0.39, 0.29) is 5.41 Å². The number of aromatic nitrogens is 1. The Labute approximate surface area is 338 Å². The fourth-order valence-electron chi connectivity index (χ4n) is 10.1. The molecule has 10 aromatic rings. The molecule has 1 aromatic heterocycles. The highest BCUT2D eigenvalue weighted by atomic mass is 15.1. The highest BCUT2D eigenvalue weighted by molar-refractivity contribution is 6.19. The van der Waals surface area contributed by atoms with E-state index in [4.69, 9.17) is 0 Å². The van der Waals surface area contributed by atoms with Gasteiger partial charge in [-0.1, -0.05) is 164 Å². The number of fused-ring (bicyclic) bond motifs is 6. The predicted molar refractivity (Wildman–Crippen MR) is 243 cm³/mol. The third kappa shape index (κ3) is 4.60. The smallest absolute Gasteiger partial charge is 0.0623 e. The number of para-hydroxylation sites is 2. The third-order valence-corrected chi connectivity index (χ3v) is 12.8. The lowest BCUT2D eigenvalue weighted by atomic mass is 9.74. The van der Waals surface area contributed by atoms with Gasteiger partial charge in [0.2, 0.25) is 0 Å². The number of hydrogen-bond acceptors (Lipinski definition) is 1. The summed E-state index contributed by atoms with van der Waals surface area (Å²) in [5.41, 5.74) is 20.7. The summed E-state index contributed by atoms with van der Waals surface area (Å²) in [6.45, 7) is 2.43. The van der Waals surface area contributed by atoms with Gasteiger partial charge in [0.1, 0.15) is 0 Å². The van der Waals surface area contributed by atoms with Crippen molar-refractivity contribution in [2.45, 2.75) is 12.3 Å². The van der Waals surface area contributed by atoms with Crippen LogP contribution in [0, 0.1) is 0 Å². The van der Waals surface area contributed by atoms with Crippen LogP contribution < -0.4 is 4.90 Å². The molecule has 0 amide bonds. The standard InChI is InChI=1S/C56H38N2/c1-56(40-21-10-4-11-22-40)48-27-16-26-44-47-36-42(30-34-52(47)58-50-28-15-14-25-43(50)45-31-32-49(56)54(53(44)48)55(45)58)57(41-23-12-5-13-24-41)51-33-29-39(37-17-6-2-7-18-37)35-46(51)38-19-8-3-9-20-38/h2-36H,1H3. The molecule has 2 nitrogen and oxygen atoms in total. The van der Waals surface area contributed by atoms with E-state index in [0.717, 1.165) is 17.1 Å². The van der Waals surface area contributed by atoms with Crippen LogP contribution in [0.2, 0.25) is 0 Å². The quantitative estimate of drug-likeness (QED) is 0.165. The molecule has 0 saturated heterocycles. The van der Waals surface area contributed by atoms with Crippen molar-refractivity contribution in [2.24, 2.45) is 0 Å². The molecule has 0 spiro atoms. The Morgan fingerprint density at radius 3 is 1.86 bits per heavy atom. The second-order valence-corrected chi connectivity index (χ2v) is 15.8. The fraction of sp³-hybridized carbons (Fsp3) is 0.0357. The van der Waals surface area contributed by atoms with Crippen LogP contribution in [0.5, 0.6) is 0 Å². The highest BCUT2D eigenvalue weighted by Crippen LogP contribution is 2.60. The Morgan fingerprint density at radius 1 is 0.414 bits per heavy atom. The van der Waals surface area contributed by atoms with Crippen molar-refractivity contribution < 1.29 is 0 Å². The van der Waals surface area contributed by atoms with Crippen molar-refractivity contribution in [3.63, 3.8) is 0 Å². The predicted octanol–water partition coefficient (Wildman–Crippen LogP) is 14.9. The summed E-state index contributed by atoms with van der Waals surface area (Å²) < 4.78 is 2.56. The van der Waals surface area contributed by atoms with Crippen LogP contribution in [0.15, 0.2) is 212 Å². The van der Waals surface area contributed by atoms with Crippen molar-refractivity contribution in [3.8, 4) is 50.2 Å². The molecule has 1 unspecified atom stereocenters. The van der Waals surface area contributed by atoms with Crippen molar-refractivity contribution in [2.75, 3.05) is 4.90 Å². The van der Waals surface area contributed by atoms with Crippen LogP contribution in [0.3, 0.4) is 0 Å². The Balaban J connectivity index is 1.16. The van der Waals surface area contributed by atoms with Gasteiger partial charge in [0.25, 0.3) is 0 Å². The maximum Gasteiger partial charge on any atom is 0.0623 e. The van der Waals surface area contributed by atoms with Gasteiger partial charge in [0.05, 0.1) is 22.4 Å². The first-order chi connectivity index (χ1) is 28.7. The summed E-state index contributed by atoms with van der Waals surface area (Å²) in [4.78, 5) is 2.45. The molecule has 272 valence electrons. The molecule has 2 aliphatic rings. The van der Waals surface area contributed by atoms with Gasteiger partial charge >= 0.3 is 0 Å². The lowest BCUT2D eigenvalue weighted by molar-refractivity contribution is 0.714. The Hall–Kier alpha value is -7.42. The summed E-state index contributed by atoms with van der Waals surface area (Å²) in [5, 5.41) is 2.57. The SMILES string of the molecule is CC1(c2ccccc2)c2cccc3c2-c2c1ccc1c4ccccc4n(c21)-c1ccc(N(c2ccccc2)c2ccc(-c4ccccc4)cc2-c2ccccc2)cc1-3. The van der Waals surface area contributed by atoms with Gasteiger partial charge in [0, 0.05) is 44.3 Å². The first kappa shape index (κ1) is 32.8. The van der Waals surface area contributed by atoms with E-state index in [1.54, 1.807) is 0 Å². The molecule has 0 saturated carbocycles. The summed E-state index contributed by atoms with van der Waals surface area (Å²) in [7, 11) is 0. The van der Waals surface area contributed by atoms with Crippen LogP contribution in [-0.4, -0.2) is 4.57 Å². The van der Waals surface area contributed by atoms with Crippen LogP contribution in [0.1, 0.15) is 23.6 Å². The average Bonchev–Trinajstić information content (AvgIpc) is 3.73. The maximum absolute atomic E-state index is 2.56. The van der Waals surface area contributed by atoms with Gasteiger partial charge < -0.3 is 9.47 Å². The van der Waals surface area contributed by atoms with E-state index in [9.17, 15) is 0 Å². The minimum absolute atomic E-state index is 0.312. The minimum atomic E-state index is -0.312. The van der Waals surface area contributed by atoms with Gasteiger partial charge in [-0.25, -0.2) is 0 Å². The van der Waals surface area contributed by atoms with E-state index in [1.165, 1.54) is 88.7 Å². The molecule has 58 heavy (non-hydrogen) atoms. The topological polar surface area (TPSA) is 8.17 Å². The third-order valence-electron chi connectivity index (χ3n) is 12.8. The summed E-state index contributed by atoms with van der Waals surface area (Å²) in [5.74, 6) is 0. The molecule has 0 N–H and O–H groups in total. The van der Waals surface area contributed by atoms with E-state index in [1.807, 2.05) is 0 Å². The molecule has 2 heteroatoms. The summed E-state index contributed by atoms with van der Waals surface area (Å²) in [6, 6.07) is 78.2. The number of benzene rings is 9. The van der Waals surface area contributed by atoms with Crippen molar-refractivity contribution in [1.29, 1.82) is 0 Å². The molecule has 0 fully saturated rings. The number of nitrogens with zero attached hydrogens (tertiary/aromatic N) is 2. The second kappa shape index (κ2) is 12.5. The average molecular weight is 739 g/mol. The van der Waals surface area contributed by atoms with Gasteiger partial charge in [-0.2, -0.15) is 0 Å². The molecule has 1 aliphatic heterocycles. The van der Waals surface area contributed by atoms with Crippen molar-refractivity contribution in [3.05, 3.63) is 229 Å². The first-order valence-electron chi connectivity index (χ1n) is 20.2. The van der Waals surface area contributed by atoms with E-state index >= 15 is 0 Å². The normalized spacial score (nSPS) is 14.7. The molecule has 0 bridgehead atoms. The Morgan fingerprint density at radius 2 is 1.09 bits per heavy atom. The molecular formula is C56H38N2. The zero-order valence-corrected chi connectivity index (χ0v) is 32.1. The number of anilines is 3. The monoisotopic (exact) mass is 738 g/mol. The molecule has 12 rings (SSSR count). The minimum Gasteiger partial charge on any atom is -0.310 e. The molecule has 9 aromatic carbocycles. The van der Waals surface area contributed by atoms with Crippen molar-refractivity contribution in [1.82, 2.24) is 4.57 Å². The number of hydrogen-bond donors (Lipinski definition) is 0. The van der Waals surface area contributed by atoms with E-state index in [0.29, 0.717) is 0 Å². The van der Waals surface area contributed by atoms with Crippen LogP contribution in [-0.2, 0) is 5.41 Å². The number of rotatable bonds is 6. The summed E-state index contributed by atoms with van der Waals surface area (Å²) in [6.07, 6.45) is 0. The maximum atomic E-state index is 2.56. The molecule has 1 atom stereocenters. The highest BCUT2D eigenvalue weighted by Gasteiger charge is 2.44. The molecule has 0 radical (unpaired) electrons.